The summed E-state index contributed by atoms with van der Waals surface area (Å²) in [6.45, 7) is 6.61. The second-order valence-corrected chi connectivity index (χ2v) is 3.93. The SMILES string of the molecule is CCNCCC(C)Cc1ccn(C)n1. The van der Waals surface area contributed by atoms with E-state index < -0.39 is 0 Å². The first-order valence-electron chi connectivity index (χ1n) is 5.41. The highest BCUT2D eigenvalue weighted by Gasteiger charge is 2.05. The summed E-state index contributed by atoms with van der Waals surface area (Å²) in [5.74, 6) is 0.712. The topological polar surface area (TPSA) is 29.9 Å². The first-order valence-corrected chi connectivity index (χ1v) is 5.41. The molecule has 1 aromatic heterocycles. The molecule has 1 N–H and O–H groups in total. The standard InChI is InChI=1S/C11H21N3/c1-4-12-7-5-10(2)9-11-6-8-14(3)13-11/h6,8,10,12H,4-5,7,9H2,1-3H3. The van der Waals surface area contributed by atoms with Crippen molar-refractivity contribution in [3.8, 4) is 0 Å². The molecule has 0 saturated carbocycles. The maximum atomic E-state index is 4.38. The molecule has 0 amide bonds. The third-order valence-electron chi connectivity index (χ3n) is 2.39. The Bertz CT molecular complexity index is 255. The summed E-state index contributed by atoms with van der Waals surface area (Å²) >= 11 is 0. The molecule has 14 heavy (non-hydrogen) atoms. The summed E-state index contributed by atoms with van der Waals surface area (Å²) in [5.41, 5.74) is 1.21. The fourth-order valence-corrected chi connectivity index (χ4v) is 1.56. The number of aryl methyl sites for hydroxylation is 1. The van der Waals surface area contributed by atoms with Crippen LogP contribution in [0.15, 0.2) is 12.3 Å². The monoisotopic (exact) mass is 195 g/mol. The van der Waals surface area contributed by atoms with E-state index in [-0.39, 0.29) is 0 Å². The highest BCUT2D eigenvalue weighted by atomic mass is 15.2. The van der Waals surface area contributed by atoms with E-state index in [0.717, 1.165) is 19.5 Å². The number of rotatable bonds is 6. The van der Waals surface area contributed by atoms with Crippen LogP contribution in [0.25, 0.3) is 0 Å². The molecule has 1 rings (SSSR count). The van der Waals surface area contributed by atoms with Gasteiger partial charge in [-0.05, 0) is 37.9 Å². The maximum absolute atomic E-state index is 4.38. The van der Waals surface area contributed by atoms with Crippen LogP contribution < -0.4 is 5.32 Å². The molecule has 1 unspecified atom stereocenters. The molecule has 1 atom stereocenters. The van der Waals surface area contributed by atoms with Crippen molar-refractivity contribution < 1.29 is 0 Å². The molecule has 0 aliphatic heterocycles. The van der Waals surface area contributed by atoms with Crippen LogP contribution in [0.4, 0.5) is 0 Å². The summed E-state index contributed by atoms with van der Waals surface area (Å²) in [6, 6.07) is 2.10. The van der Waals surface area contributed by atoms with Gasteiger partial charge in [0.25, 0.3) is 0 Å². The van der Waals surface area contributed by atoms with E-state index in [4.69, 9.17) is 0 Å². The third kappa shape index (κ3) is 3.92. The fraction of sp³-hybridized carbons (Fsp3) is 0.727. The van der Waals surface area contributed by atoms with Crippen molar-refractivity contribution in [1.82, 2.24) is 15.1 Å². The lowest BCUT2D eigenvalue weighted by molar-refractivity contribution is 0.497. The van der Waals surface area contributed by atoms with Gasteiger partial charge in [-0.3, -0.25) is 4.68 Å². The summed E-state index contributed by atoms with van der Waals surface area (Å²) in [6.07, 6.45) is 4.32. The molecule has 3 heteroatoms. The average molecular weight is 195 g/mol. The van der Waals surface area contributed by atoms with E-state index in [9.17, 15) is 0 Å². The Morgan fingerprint density at radius 3 is 2.93 bits per heavy atom. The van der Waals surface area contributed by atoms with Crippen LogP contribution in [0, 0.1) is 5.92 Å². The Kier molecular flexibility index (Phi) is 4.66. The van der Waals surface area contributed by atoms with E-state index in [1.165, 1.54) is 12.1 Å². The minimum Gasteiger partial charge on any atom is -0.317 e. The molecule has 3 nitrogen and oxygen atoms in total. The molecule has 1 aromatic rings. The predicted molar refractivity (Wildman–Crippen MR) is 59.2 cm³/mol. The van der Waals surface area contributed by atoms with Gasteiger partial charge in [-0.1, -0.05) is 13.8 Å². The number of hydrogen-bond donors (Lipinski definition) is 1. The van der Waals surface area contributed by atoms with Crippen molar-refractivity contribution in [2.24, 2.45) is 13.0 Å². The first kappa shape index (κ1) is 11.2. The van der Waals surface area contributed by atoms with E-state index >= 15 is 0 Å². The van der Waals surface area contributed by atoms with Crippen molar-refractivity contribution in [1.29, 1.82) is 0 Å². The highest BCUT2D eigenvalue weighted by molar-refractivity contribution is 4.99. The van der Waals surface area contributed by atoms with Gasteiger partial charge < -0.3 is 5.32 Å². The van der Waals surface area contributed by atoms with Crippen LogP contribution in [0.2, 0.25) is 0 Å². The van der Waals surface area contributed by atoms with Crippen molar-refractivity contribution in [2.45, 2.75) is 26.7 Å². The molecule has 80 valence electrons. The van der Waals surface area contributed by atoms with Gasteiger partial charge in [-0.2, -0.15) is 5.10 Å². The Morgan fingerprint density at radius 1 is 1.57 bits per heavy atom. The molecule has 0 aromatic carbocycles. The molecule has 0 bridgehead atoms. The second-order valence-electron chi connectivity index (χ2n) is 3.93. The molecular weight excluding hydrogens is 174 g/mol. The molecule has 0 radical (unpaired) electrons. The van der Waals surface area contributed by atoms with E-state index in [2.05, 4.69) is 30.3 Å². The molecule has 0 saturated heterocycles. The van der Waals surface area contributed by atoms with Gasteiger partial charge in [0.15, 0.2) is 0 Å². The van der Waals surface area contributed by atoms with E-state index in [1.54, 1.807) is 0 Å². The van der Waals surface area contributed by atoms with Crippen molar-refractivity contribution >= 4 is 0 Å². The van der Waals surface area contributed by atoms with E-state index in [1.807, 2.05) is 17.9 Å². The largest absolute Gasteiger partial charge is 0.317 e. The molecule has 0 aliphatic rings. The quantitative estimate of drug-likeness (QED) is 0.699. The van der Waals surface area contributed by atoms with Crippen LogP contribution in [0.5, 0.6) is 0 Å². The van der Waals surface area contributed by atoms with Gasteiger partial charge >= 0.3 is 0 Å². The van der Waals surface area contributed by atoms with Crippen LogP contribution in [-0.4, -0.2) is 22.9 Å². The molecule has 0 fully saturated rings. The number of nitrogens with zero attached hydrogens (tertiary/aromatic N) is 2. The molecular formula is C11H21N3. The Morgan fingerprint density at radius 2 is 2.36 bits per heavy atom. The maximum Gasteiger partial charge on any atom is 0.0627 e. The average Bonchev–Trinajstić information content (AvgIpc) is 2.52. The third-order valence-corrected chi connectivity index (χ3v) is 2.39. The van der Waals surface area contributed by atoms with Gasteiger partial charge in [0.05, 0.1) is 5.69 Å². The Labute approximate surface area is 86.5 Å². The normalized spacial score (nSPS) is 13.1. The summed E-state index contributed by atoms with van der Waals surface area (Å²) in [5, 5.41) is 7.72. The first-order chi connectivity index (χ1) is 6.72. The summed E-state index contributed by atoms with van der Waals surface area (Å²) in [7, 11) is 1.97. The molecule has 0 spiro atoms. The number of aromatic nitrogens is 2. The van der Waals surface area contributed by atoms with Gasteiger partial charge in [-0.15, -0.1) is 0 Å². The molecule has 0 aliphatic carbocycles. The smallest absolute Gasteiger partial charge is 0.0627 e. The molecule has 1 heterocycles. The summed E-state index contributed by atoms with van der Waals surface area (Å²) < 4.78 is 1.87. The van der Waals surface area contributed by atoms with Crippen LogP contribution in [-0.2, 0) is 13.5 Å². The minimum absolute atomic E-state index is 0.712. The lowest BCUT2D eigenvalue weighted by Crippen LogP contribution is -2.17. The minimum atomic E-state index is 0.712. The Balaban J connectivity index is 2.23. The zero-order valence-corrected chi connectivity index (χ0v) is 9.45. The van der Waals surface area contributed by atoms with E-state index in [0.29, 0.717) is 5.92 Å². The van der Waals surface area contributed by atoms with Gasteiger partial charge in [0, 0.05) is 13.2 Å². The lowest BCUT2D eigenvalue weighted by Gasteiger charge is -2.09. The van der Waals surface area contributed by atoms with Crippen LogP contribution in [0.3, 0.4) is 0 Å². The zero-order chi connectivity index (χ0) is 10.4. The van der Waals surface area contributed by atoms with Crippen molar-refractivity contribution in [2.75, 3.05) is 13.1 Å². The lowest BCUT2D eigenvalue weighted by atomic mass is 10.0. The second kappa shape index (κ2) is 5.81. The number of hydrogen-bond acceptors (Lipinski definition) is 2. The van der Waals surface area contributed by atoms with Crippen molar-refractivity contribution in [3.63, 3.8) is 0 Å². The predicted octanol–water partition coefficient (Wildman–Crippen LogP) is 1.60. The van der Waals surface area contributed by atoms with Crippen LogP contribution in [0.1, 0.15) is 26.0 Å². The highest BCUT2D eigenvalue weighted by Crippen LogP contribution is 2.08. The summed E-state index contributed by atoms with van der Waals surface area (Å²) in [4.78, 5) is 0. The van der Waals surface area contributed by atoms with Gasteiger partial charge in [0.1, 0.15) is 0 Å². The zero-order valence-electron chi connectivity index (χ0n) is 9.45. The van der Waals surface area contributed by atoms with Crippen LogP contribution >= 0.6 is 0 Å². The van der Waals surface area contributed by atoms with Gasteiger partial charge in [0.2, 0.25) is 0 Å². The fourth-order valence-electron chi connectivity index (χ4n) is 1.56. The van der Waals surface area contributed by atoms with Crippen molar-refractivity contribution in [3.05, 3.63) is 18.0 Å². The number of nitrogens with one attached hydrogen (secondary N) is 1. The van der Waals surface area contributed by atoms with Gasteiger partial charge in [-0.25, -0.2) is 0 Å². The Hall–Kier alpha value is -0.830.